The van der Waals surface area contributed by atoms with Crippen molar-refractivity contribution in [1.82, 2.24) is 4.98 Å². The zero-order chi connectivity index (χ0) is 5.11. The van der Waals surface area contributed by atoms with E-state index in [2.05, 4.69) is 4.98 Å². The summed E-state index contributed by atoms with van der Waals surface area (Å²) in [6.07, 6.45) is 3.37. The Morgan fingerprint density at radius 1 is 1.25 bits per heavy atom. The molecular formula is C5H4KNS. The smallest absolute Gasteiger partial charge is 0.780 e. The molecule has 0 amide bonds. The van der Waals surface area contributed by atoms with Gasteiger partial charge in [-0.15, -0.1) is 0 Å². The van der Waals surface area contributed by atoms with Gasteiger partial charge in [0.1, 0.15) is 0 Å². The fourth-order valence-electron chi connectivity index (χ4n) is 0.338. The Hall–Kier alpha value is 1.01. The van der Waals surface area contributed by atoms with E-state index < -0.39 is 0 Å². The van der Waals surface area contributed by atoms with Gasteiger partial charge in [0.25, 0.3) is 0 Å². The van der Waals surface area contributed by atoms with Crippen molar-refractivity contribution in [3.05, 3.63) is 24.5 Å². The summed E-state index contributed by atoms with van der Waals surface area (Å²) < 4.78 is 0. The summed E-state index contributed by atoms with van der Waals surface area (Å²) in [5.41, 5.74) is 0. The first-order valence-corrected chi connectivity index (χ1v) is 2.37. The first-order valence-electron chi connectivity index (χ1n) is 1.96. The Balaban J connectivity index is 0.000000490. The van der Waals surface area contributed by atoms with Crippen molar-refractivity contribution in [2.45, 2.75) is 4.90 Å². The number of pyridine rings is 1. The summed E-state index contributed by atoms with van der Waals surface area (Å²) in [6.45, 7) is 0. The van der Waals surface area contributed by atoms with Gasteiger partial charge in [0.2, 0.25) is 0 Å². The first kappa shape index (κ1) is 9.01. The molecule has 0 unspecified atom stereocenters. The number of aromatic nitrogens is 1. The molecule has 0 saturated carbocycles. The number of nitrogens with zero attached hydrogens (tertiary/aromatic N) is 1. The van der Waals surface area contributed by atoms with E-state index in [-0.39, 0.29) is 51.4 Å². The molecule has 0 aromatic carbocycles. The van der Waals surface area contributed by atoms with Crippen LogP contribution in [0, 0.1) is 0 Å². The zero-order valence-electron chi connectivity index (χ0n) is 4.66. The Labute approximate surface area is 96.7 Å². The standard InChI is InChI=1S/C5H5NS.K/c7-5-1-3-6-4-2-5;/h1-4H,(H,6,7);/q;+1/p-1. The van der Waals surface area contributed by atoms with Crippen LogP contribution in [0.1, 0.15) is 0 Å². The zero-order valence-corrected chi connectivity index (χ0v) is 8.60. The predicted octanol–water partition coefficient (Wildman–Crippen LogP) is -2.01. The molecule has 0 aliphatic heterocycles. The van der Waals surface area contributed by atoms with E-state index in [1.165, 1.54) is 0 Å². The molecule has 0 radical (unpaired) electrons. The molecule has 0 atom stereocenters. The van der Waals surface area contributed by atoms with Gasteiger partial charge in [-0.05, 0) is 0 Å². The average molecular weight is 149 g/mol. The molecule has 1 rings (SSSR count). The Morgan fingerprint density at radius 3 is 2.00 bits per heavy atom. The Kier molecular flexibility index (Phi) is 5.45. The molecule has 36 valence electrons. The first-order chi connectivity index (χ1) is 3.39. The fourth-order valence-corrected chi connectivity index (χ4v) is 0.460. The van der Waals surface area contributed by atoms with Crippen molar-refractivity contribution in [3.63, 3.8) is 0 Å². The summed E-state index contributed by atoms with van der Waals surface area (Å²) in [5.74, 6) is 0. The molecule has 0 spiro atoms. The maximum absolute atomic E-state index is 4.77. The van der Waals surface area contributed by atoms with Crippen LogP contribution >= 0.6 is 0 Å². The monoisotopic (exact) mass is 149 g/mol. The maximum Gasteiger partial charge on any atom is 1.00 e. The third kappa shape index (κ3) is 3.12. The average Bonchev–Trinajstić information content (AvgIpc) is 1.69. The number of hydrogen-bond donors (Lipinski definition) is 0. The second-order valence-corrected chi connectivity index (χ2v) is 1.65. The minimum absolute atomic E-state index is 0. The molecule has 1 heterocycles. The summed E-state index contributed by atoms with van der Waals surface area (Å²) in [6, 6.07) is 3.57. The normalized spacial score (nSPS) is 7.50. The summed E-state index contributed by atoms with van der Waals surface area (Å²) in [4.78, 5) is 4.62. The molecule has 1 aromatic rings. The van der Waals surface area contributed by atoms with Gasteiger partial charge in [0, 0.05) is 12.4 Å². The molecule has 0 saturated heterocycles. The number of rotatable bonds is 0. The van der Waals surface area contributed by atoms with Crippen molar-refractivity contribution >= 4 is 12.6 Å². The van der Waals surface area contributed by atoms with Crippen molar-refractivity contribution in [1.29, 1.82) is 0 Å². The summed E-state index contributed by atoms with van der Waals surface area (Å²) in [5, 5.41) is 0. The van der Waals surface area contributed by atoms with Crippen molar-refractivity contribution in [2.75, 3.05) is 0 Å². The Morgan fingerprint density at radius 2 is 1.75 bits per heavy atom. The van der Waals surface area contributed by atoms with Crippen molar-refractivity contribution in [2.24, 2.45) is 0 Å². The van der Waals surface area contributed by atoms with E-state index in [1.54, 1.807) is 24.5 Å². The molecule has 1 aromatic heterocycles. The van der Waals surface area contributed by atoms with Crippen LogP contribution in [0.15, 0.2) is 29.4 Å². The third-order valence-corrected chi connectivity index (χ3v) is 0.922. The molecule has 0 bridgehead atoms. The quantitative estimate of drug-likeness (QED) is 0.312. The van der Waals surface area contributed by atoms with Crippen molar-refractivity contribution in [3.8, 4) is 0 Å². The van der Waals surface area contributed by atoms with Gasteiger partial charge in [0.05, 0.1) is 0 Å². The molecule has 0 aliphatic rings. The molecule has 3 heteroatoms. The van der Waals surface area contributed by atoms with Gasteiger partial charge in [-0.3, -0.25) is 4.98 Å². The minimum atomic E-state index is 0. The second kappa shape index (κ2) is 4.85. The molecule has 0 fully saturated rings. The van der Waals surface area contributed by atoms with E-state index in [1.807, 2.05) is 0 Å². The van der Waals surface area contributed by atoms with Crippen LogP contribution < -0.4 is 51.4 Å². The van der Waals surface area contributed by atoms with Gasteiger partial charge < -0.3 is 12.6 Å². The molecular weight excluding hydrogens is 145 g/mol. The molecule has 0 N–H and O–H groups in total. The predicted molar refractivity (Wildman–Crippen MR) is 29.9 cm³/mol. The van der Waals surface area contributed by atoms with Crippen LogP contribution in [0.3, 0.4) is 0 Å². The van der Waals surface area contributed by atoms with Gasteiger partial charge in [-0.2, -0.15) is 4.90 Å². The van der Waals surface area contributed by atoms with E-state index in [4.69, 9.17) is 12.6 Å². The van der Waals surface area contributed by atoms with E-state index in [9.17, 15) is 0 Å². The van der Waals surface area contributed by atoms with Crippen LogP contribution in [-0.4, -0.2) is 4.98 Å². The summed E-state index contributed by atoms with van der Waals surface area (Å²) >= 11 is 4.77. The van der Waals surface area contributed by atoms with Crippen molar-refractivity contribution < 1.29 is 51.4 Å². The minimum Gasteiger partial charge on any atom is -0.780 e. The van der Waals surface area contributed by atoms with Gasteiger partial charge >= 0.3 is 51.4 Å². The third-order valence-electron chi connectivity index (χ3n) is 0.650. The SMILES string of the molecule is [K+].[S-]c1ccncc1. The molecule has 0 aliphatic carbocycles. The molecule has 8 heavy (non-hydrogen) atoms. The van der Waals surface area contributed by atoms with Crippen LogP contribution in [0.25, 0.3) is 0 Å². The maximum atomic E-state index is 4.77. The molecule has 1 nitrogen and oxygen atoms in total. The second-order valence-electron chi connectivity index (χ2n) is 1.18. The van der Waals surface area contributed by atoms with Crippen LogP contribution in [-0.2, 0) is 12.6 Å². The Bertz CT molecular complexity index is 142. The van der Waals surface area contributed by atoms with Gasteiger partial charge in [-0.1, -0.05) is 12.1 Å². The summed E-state index contributed by atoms with van der Waals surface area (Å²) in [7, 11) is 0. The largest absolute Gasteiger partial charge is 1.00 e. The number of hydrogen-bond acceptors (Lipinski definition) is 2. The van der Waals surface area contributed by atoms with Crippen LogP contribution in [0.5, 0.6) is 0 Å². The van der Waals surface area contributed by atoms with Crippen LogP contribution in [0.2, 0.25) is 0 Å². The van der Waals surface area contributed by atoms with Crippen LogP contribution in [0.4, 0.5) is 0 Å². The van der Waals surface area contributed by atoms with E-state index in [0.717, 1.165) is 4.90 Å². The topological polar surface area (TPSA) is 12.9 Å². The van der Waals surface area contributed by atoms with Gasteiger partial charge in [-0.25, -0.2) is 0 Å². The fraction of sp³-hybridized carbons (Fsp3) is 0. The van der Waals surface area contributed by atoms with E-state index in [0.29, 0.717) is 0 Å². The van der Waals surface area contributed by atoms with Gasteiger partial charge in [0.15, 0.2) is 0 Å². The van der Waals surface area contributed by atoms with E-state index >= 15 is 0 Å².